The van der Waals surface area contributed by atoms with Crippen molar-refractivity contribution in [3.8, 4) is 0 Å². The normalized spacial score (nSPS) is 26.8. The molecule has 158 valence electrons. The number of Topliss-reactive ketones (excluding diaryl/α,β-unsaturated/α-hetero) is 1. The minimum absolute atomic E-state index is 0.0291. The Kier molecular flexibility index (Phi) is 7.09. The third kappa shape index (κ3) is 5.46. The number of benzene rings is 1. The average molecular weight is 399 g/mol. The number of ketones is 1. The molecule has 0 radical (unpaired) electrons. The first-order valence-electron chi connectivity index (χ1n) is 11.1. The Morgan fingerprint density at radius 2 is 1.59 bits per heavy atom. The average Bonchev–Trinajstić information content (AvgIpc) is 2.74. The van der Waals surface area contributed by atoms with Crippen LogP contribution < -0.4 is 5.73 Å². The van der Waals surface area contributed by atoms with E-state index in [0.717, 1.165) is 37.7 Å². The molecular formula is C24H34N2O3. The topological polar surface area (TPSA) is 93.2 Å². The molecule has 0 aliphatic heterocycles. The Morgan fingerprint density at radius 3 is 2.14 bits per heavy atom. The van der Waals surface area contributed by atoms with E-state index in [1.807, 2.05) is 6.92 Å². The van der Waals surface area contributed by atoms with Gasteiger partial charge in [-0.3, -0.25) is 15.0 Å². The van der Waals surface area contributed by atoms with Crippen molar-refractivity contribution in [2.24, 2.45) is 23.0 Å². The van der Waals surface area contributed by atoms with Crippen LogP contribution in [-0.2, 0) is 9.53 Å². The van der Waals surface area contributed by atoms with Crippen LogP contribution >= 0.6 is 0 Å². The van der Waals surface area contributed by atoms with E-state index in [1.54, 1.807) is 24.3 Å². The summed E-state index contributed by atoms with van der Waals surface area (Å²) in [7, 11) is 0. The van der Waals surface area contributed by atoms with Gasteiger partial charge in [-0.2, -0.15) is 0 Å². The zero-order chi connectivity index (χ0) is 20.9. The van der Waals surface area contributed by atoms with Gasteiger partial charge in [-0.25, -0.2) is 0 Å². The zero-order valence-corrected chi connectivity index (χ0v) is 17.5. The van der Waals surface area contributed by atoms with E-state index in [4.69, 9.17) is 15.9 Å². The number of nitrogen functional groups attached to an aromatic ring is 1. The summed E-state index contributed by atoms with van der Waals surface area (Å²) in [5.41, 5.74) is 7.30. The molecule has 0 amide bonds. The summed E-state index contributed by atoms with van der Waals surface area (Å²) in [6, 6.07) is 7.13. The van der Waals surface area contributed by atoms with Crippen LogP contribution in [0, 0.1) is 22.7 Å². The van der Waals surface area contributed by atoms with E-state index in [-0.39, 0.29) is 23.5 Å². The molecule has 0 unspecified atom stereocenters. The first-order valence-corrected chi connectivity index (χ1v) is 11.1. The van der Waals surface area contributed by atoms with Gasteiger partial charge in [-0.05, 0) is 76.0 Å². The molecular weight excluding hydrogens is 364 g/mol. The number of nitrogens with two attached hydrogens (primary N) is 1. The fourth-order valence-electron chi connectivity index (χ4n) is 5.18. The number of carbonyl (C=O) groups is 2. The lowest BCUT2D eigenvalue weighted by Gasteiger charge is -2.44. The molecule has 3 N–H and O–H groups in total. The number of nitrogens with one attached hydrogen (secondary N) is 1. The second-order valence-corrected chi connectivity index (χ2v) is 8.92. The summed E-state index contributed by atoms with van der Waals surface area (Å²) in [5, 5.41) is 7.47. The van der Waals surface area contributed by atoms with Gasteiger partial charge in [0.15, 0.2) is 5.78 Å². The summed E-state index contributed by atoms with van der Waals surface area (Å²) < 4.78 is 5.04. The molecule has 3 rings (SSSR count). The molecule has 5 heteroatoms. The SMILES string of the molecule is CCOC(=O)CCC1CCC2(CC1)CCC(C(=O)c1ccc(C(=N)N)cc1)CC2. The van der Waals surface area contributed by atoms with Gasteiger partial charge in [0.2, 0.25) is 0 Å². The van der Waals surface area contributed by atoms with E-state index >= 15 is 0 Å². The van der Waals surface area contributed by atoms with Crippen molar-refractivity contribution in [3.05, 3.63) is 35.4 Å². The molecule has 5 nitrogen and oxygen atoms in total. The smallest absolute Gasteiger partial charge is 0.305 e. The summed E-state index contributed by atoms with van der Waals surface area (Å²) >= 11 is 0. The molecule has 2 saturated carbocycles. The lowest BCUT2D eigenvalue weighted by atomic mass is 9.60. The Hall–Kier alpha value is -2.17. The van der Waals surface area contributed by atoms with Gasteiger partial charge in [0.1, 0.15) is 5.84 Å². The highest BCUT2D eigenvalue weighted by atomic mass is 16.5. The van der Waals surface area contributed by atoms with Crippen molar-refractivity contribution in [1.29, 1.82) is 5.41 Å². The lowest BCUT2D eigenvalue weighted by Crippen LogP contribution is -2.34. The summed E-state index contributed by atoms with van der Waals surface area (Å²) in [5.74, 6) is 0.956. The Labute approximate surface area is 173 Å². The molecule has 0 saturated heterocycles. The standard InChI is InChI=1S/C24H34N2O3/c1-2-29-21(27)8-3-17-9-13-24(14-10-17)15-11-19(12-16-24)22(28)18-4-6-20(7-5-18)23(25)26/h4-7,17,19H,2-3,8-16H2,1H3,(H3,25,26). The van der Waals surface area contributed by atoms with Crippen molar-refractivity contribution in [2.75, 3.05) is 6.61 Å². The van der Waals surface area contributed by atoms with E-state index in [9.17, 15) is 9.59 Å². The summed E-state index contributed by atoms with van der Waals surface area (Å²) in [4.78, 5) is 24.5. The van der Waals surface area contributed by atoms with E-state index in [2.05, 4.69) is 0 Å². The minimum Gasteiger partial charge on any atom is -0.466 e. The predicted molar refractivity (Wildman–Crippen MR) is 114 cm³/mol. The van der Waals surface area contributed by atoms with Crippen molar-refractivity contribution in [2.45, 2.75) is 71.1 Å². The number of hydrogen-bond donors (Lipinski definition) is 2. The van der Waals surface area contributed by atoms with Crippen LogP contribution in [0.1, 0.15) is 87.1 Å². The van der Waals surface area contributed by atoms with Crippen LogP contribution in [0.2, 0.25) is 0 Å². The largest absolute Gasteiger partial charge is 0.466 e. The molecule has 2 aliphatic rings. The molecule has 2 aliphatic carbocycles. The Morgan fingerprint density at radius 1 is 1.03 bits per heavy atom. The third-order valence-electron chi connectivity index (χ3n) is 7.13. The van der Waals surface area contributed by atoms with Crippen LogP contribution in [0.3, 0.4) is 0 Å². The van der Waals surface area contributed by atoms with Gasteiger partial charge in [-0.15, -0.1) is 0 Å². The Bertz CT molecular complexity index is 723. The van der Waals surface area contributed by atoms with Gasteiger partial charge < -0.3 is 10.5 Å². The predicted octanol–water partition coefficient (Wildman–Crippen LogP) is 4.86. The maximum Gasteiger partial charge on any atom is 0.305 e. The van der Waals surface area contributed by atoms with Crippen LogP contribution in [0.25, 0.3) is 0 Å². The Balaban J connectivity index is 1.46. The number of carbonyl (C=O) groups excluding carboxylic acids is 2. The first kappa shape index (κ1) is 21.5. The molecule has 0 bridgehead atoms. The van der Waals surface area contributed by atoms with Crippen molar-refractivity contribution >= 4 is 17.6 Å². The molecule has 0 heterocycles. The van der Waals surface area contributed by atoms with Crippen molar-refractivity contribution in [3.63, 3.8) is 0 Å². The van der Waals surface area contributed by atoms with Gasteiger partial charge >= 0.3 is 5.97 Å². The van der Waals surface area contributed by atoms with E-state index < -0.39 is 0 Å². The number of amidine groups is 1. The number of rotatable bonds is 7. The quantitative estimate of drug-likeness (QED) is 0.297. The second kappa shape index (κ2) is 9.55. The highest BCUT2D eigenvalue weighted by Crippen LogP contribution is 2.51. The first-order chi connectivity index (χ1) is 13.9. The highest BCUT2D eigenvalue weighted by molar-refractivity contribution is 6.00. The van der Waals surface area contributed by atoms with Crippen LogP contribution in [-0.4, -0.2) is 24.2 Å². The minimum atomic E-state index is -0.0665. The molecule has 2 fully saturated rings. The monoisotopic (exact) mass is 398 g/mol. The molecule has 1 spiro atoms. The molecule has 0 aromatic heterocycles. The summed E-state index contributed by atoms with van der Waals surface area (Å²) in [6.45, 7) is 2.32. The van der Waals surface area contributed by atoms with Gasteiger partial charge in [0, 0.05) is 23.5 Å². The molecule has 1 aromatic carbocycles. The maximum atomic E-state index is 12.9. The fourth-order valence-corrected chi connectivity index (χ4v) is 5.18. The number of ether oxygens (including phenoxy) is 1. The van der Waals surface area contributed by atoms with Crippen LogP contribution in [0.4, 0.5) is 0 Å². The molecule has 1 aromatic rings. The maximum absolute atomic E-state index is 12.9. The van der Waals surface area contributed by atoms with Crippen LogP contribution in [0.15, 0.2) is 24.3 Å². The number of esters is 1. The lowest BCUT2D eigenvalue weighted by molar-refractivity contribution is -0.143. The second-order valence-electron chi connectivity index (χ2n) is 8.92. The van der Waals surface area contributed by atoms with Crippen molar-refractivity contribution < 1.29 is 14.3 Å². The van der Waals surface area contributed by atoms with Crippen LogP contribution in [0.5, 0.6) is 0 Å². The van der Waals surface area contributed by atoms with Crippen molar-refractivity contribution in [1.82, 2.24) is 0 Å². The van der Waals surface area contributed by atoms with Gasteiger partial charge in [-0.1, -0.05) is 24.3 Å². The molecule has 29 heavy (non-hydrogen) atoms. The zero-order valence-electron chi connectivity index (χ0n) is 17.5. The highest BCUT2D eigenvalue weighted by Gasteiger charge is 2.40. The summed E-state index contributed by atoms with van der Waals surface area (Å²) in [6.07, 6.45) is 10.6. The van der Waals surface area contributed by atoms with E-state index in [0.29, 0.717) is 29.9 Å². The van der Waals surface area contributed by atoms with Gasteiger partial charge in [0.25, 0.3) is 0 Å². The van der Waals surface area contributed by atoms with E-state index in [1.165, 1.54) is 25.7 Å². The third-order valence-corrected chi connectivity index (χ3v) is 7.13. The van der Waals surface area contributed by atoms with Gasteiger partial charge in [0.05, 0.1) is 6.61 Å². The molecule has 0 atom stereocenters. The number of hydrogen-bond acceptors (Lipinski definition) is 4. The fraction of sp³-hybridized carbons (Fsp3) is 0.625.